The van der Waals surface area contributed by atoms with Crippen molar-refractivity contribution in [3.8, 4) is 0 Å². The highest BCUT2D eigenvalue weighted by molar-refractivity contribution is 5.68. The minimum Gasteiger partial charge on any atom is -0.444 e. The Morgan fingerprint density at radius 1 is 1.23 bits per heavy atom. The lowest BCUT2D eigenvalue weighted by molar-refractivity contribution is 0.0480. The van der Waals surface area contributed by atoms with Crippen LogP contribution in [0, 0.1) is 0 Å². The van der Waals surface area contributed by atoms with Gasteiger partial charge < -0.3 is 10.1 Å². The molecule has 22 heavy (non-hydrogen) atoms. The summed E-state index contributed by atoms with van der Waals surface area (Å²) in [6.45, 7) is 11.3. The summed E-state index contributed by atoms with van der Waals surface area (Å²) in [7, 11) is 0. The molecule has 1 amide bonds. The smallest absolute Gasteiger partial charge is 0.407 e. The second-order valence-electron chi connectivity index (χ2n) is 7.79. The Morgan fingerprint density at radius 3 is 2.45 bits per heavy atom. The molecule has 1 aliphatic carbocycles. The summed E-state index contributed by atoms with van der Waals surface area (Å²) in [5.74, 6) is 0. The fourth-order valence-corrected chi connectivity index (χ4v) is 3.31. The van der Waals surface area contributed by atoms with Crippen molar-refractivity contribution in [2.75, 3.05) is 19.6 Å². The zero-order valence-electron chi connectivity index (χ0n) is 14.7. The van der Waals surface area contributed by atoms with E-state index in [1.165, 1.54) is 25.7 Å². The first-order valence-corrected chi connectivity index (χ1v) is 8.73. The molecule has 1 aliphatic heterocycles. The number of hydrogen-bond acceptors (Lipinski definition) is 3. The number of alkyl carbamates (subject to hydrolysis) is 1. The number of nitrogens with one attached hydrogen (secondary N) is 1. The van der Waals surface area contributed by atoms with E-state index in [1.54, 1.807) is 11.1 Å². The summed E-state index contributed by atoms with van der Waals surface area (Å²) in [6.07, 6.45) is 7.03. The van der Waals surface area contributed by atoms with Gasteiger partial charge in [0.05, 0.1) is 0 Å². The minimum absolute atomic E-state index is 0.257. The van der Waals surface area contributed by atoms with Gasteiger partial charge in [0.15, 0.2) is 0 Å². The van der Waals surface area contributed by atoms with E-state index in [9.17, 15) is 4.79 Å². The quantitative estimate of drug-likeness (QED) is 0.805. The molecule has 0 bridgehead atoms. The van der Waals surface area contributed by atoms with Crippen LogP contribution in [0.5, 0.6) is 0 Å². The van der Waals surface area contributed by atoms with E-state index in [4.69, 9.17) is 4.74 Å². The monoisotopic (exact) mass is 308 g/mol. The molecule has 0 radical (unpaired) electrons. The standard InChI is InChI=1S/C18H32N2O2/c1-14-7-5-6-8-15(14)13-20-11-9-16(10-12-20)19-17(21)22-18(2,3)4/h16H,5-13H2,1-4H3,(H,19,21). The molecule has 2 aliphatic rings. The highest BCUT2D eigenvalue weighted by atomic mass is 16.6. The molecule has 1 heterocycles. The van der Waals surface area contributed by atoms with Crippen molar-refractivity contribution < 1.29 is 9.53 Å². The first-order valence-electron chi connectivity index (χ1n) is 8.73. The Bertz CT molecular complexity index is 415. The number of nitrogens with zero attached hydrogens (tertiary/aromatic N) is 1. The van der Waals surface area contributed by atoms with Gasteiger partial charge in [0.1, 0.15) is 5.60 Å². The van der Waals surface area contributed by atoms with Crippen molar-refractivity contribution in [2.24, 2.45) is 0 Å². The summed E-state index contributed by atoms with van der Waals surface area (Å²) in [5, 5.41) is 3.01. The average Bonchev–Trinajstić information content (AvgIpc) is 2.41. The maximum Gasteiger partial charge on any atom is 0.407 e. The van der Waals surface area contributed by atoms with Crippen molar-refractivity contribution in [3.63, 3.8) is 0 Å². The molecule has 0 aromatic rings. The SMILES string of the molecule is CC1=C(CN2CCC(NC(=O)OC(C)(C)C)CC2)CCCC1. The number of rotatable bonds is 3. The van der Waals surface area contributed by atoms with E-state index < -0.39 is 5.60 Å². The summed E-state index contributed by atoms with van der Waals surface area (Å²) < 4.78 is 5.33. The van der Waals surface area contributed by atoms with E-state index in [0.29, 0.717) is 0 Å². The molecule has 4 heteroatoms. The van der Waals surface area contributed by atoms with Crippen molar-refractivity contribution in [2.45, 2.75) is 77.9 Å². The Balaban J connectivity index is 1.73. The molecule has 0 aromatic carbocycles. The normalized spacial score (nSPS) is 21.8. The number of allylic oxidation sites excluding steroid dienone is 1. The number of amides is 1. The molecule has 0 unspecified atom stereocenters. The molecule has 0 aromatic heterocycles. The first-order chi connectivity index (χ1) is 10.3. The first kappa shape index (κ1) is 17.3. The van der Waals surface area contributed by atoms with E-state index in [1.807, 2.05) is 20.8 Å². The lowest BCUT2D eigenvalue weighted by Crippen LogP contribution is -2.46. The van der Waals surface area contributed by atoms with Gasteiger partial charge in [-0.1, -0.05) is 11.1 Å². The molecular weight excluding hydrogens is 276 g/mol. The van der Waals surface area contributed by atoms with Gasteiger partial charge in [-0.3, -0.25) is 4.90 Å². The van der Waals surface area contributed by atoms with Gasteiger partial charge in [0.2, 0.25) is 0 Å². The van der Waals surface area contributed by atoms with Crippen LogP contribution >= 0.6 is 0 Å². The van der Waals surface area contributed by atoms with Crippen molar-refractivity contribution >= 4 is 6.09 Å². The zero-order valence-corrected chi connectivity index (χ0v) is 14.7. The van der Waals surface area contributed by atoms with Gasteiger partial charge in [-0.05, 0) is 66.2 Å². The molecule has 4 nitrogen and oxygen atoms in total. The second-order valence-corrected chi connectivity index (χ2v) is 7.79. The third-order valence-electron chi connectivity index (χ3n) is 4.61. The summed E-state index contributed by atoms with van der Waals surface area (Å²) in [6, 6.07) is 0.257. The van der Waals surface area contributed by atoms with E-state index in [0.717, 1.165) is 32.5 Å². The maximum atomic E-state index is 11.8. The maximum absolute atomic E-state index is 11.8. The summed E-state index contributed by atoms with van der Waals surface area (Å²) in [4.78, 5) is 14.4. The van der Waals surface area contributed by atoms with E-state index in [2.05, 4.69) is 17.1 Å². The van der Waals surface area contributed by atoms with E-state index in [-0.39, 0.29) is 12.1 Å². The van der Waals surface area contributed by atoms with Gasteiger partial charge in [-0.2, -0.15) is 0 Å². The molecule has 0 spiro atoms. The van der Waals surface area contributed by atoms with Crippen LogP contribution < -0.4 is 5.32 Å². The third-order valence-corrected chi connectivity index (χ3v) is 4.61. The van der Waals surface area contributed by atoms with Crippen LogP contribution in [0.25, 0.3) is 0 Å². The van der Waals surface area contributed by atoms with Crippen LogP contribution in [0.1, 0.15) is 66.2 Å². The molecule has 1 saturated heterocycles. The summed E-state index contributed by atoms with van der Waals surface area (Å²) >= 11 is 0. The Kier molecular flexibility index (Phi) is 5.90. The van der Waals surface area contributed by atoms with Crippen molar-refractivity contribution in [1.82, 2.24) is 10.2 Å². The van der Waals surface area contributed by atoms with Gasteiger partial charge in [-0.25, -0.2) is 4.79 Å². The van der Waals surface area contributed by atoms with Crippen LogP contribution in [0.4, 0.5) is 4.79 Å². The number of carbonyl (C=O) groups excluding carboxylic acids is 1. The van der Waals surface area contributed by atoms with Crippen LogP contribution in [-0.4, -0.2) is 42.3 Å². The molecule has 0 saturated carbocycles. The number of likely N-dealkylation sites (tertiary alicyclic amines) is 1. The molecular formula is C18H32N2O2. The second kappa shape index (κ2) is 7.49. The lowest BCUT2D eigenvalue weighted by Gasteiger charge is -2.34. The zero-order chi connectivity index (χ0) is 16.2. The topological polar surface area (TPSA) is 41.6 Å². The van der Waals surface area contributed by atoms with Crippen LogP contribution in [0.15, 0.2) is 11.1 Å². The van der Waals surface area contributed by atoms with Gasteiger partial charge in [0.25, 0.3) is 0 Å². The average molecular weight is 308 g/mol. The Morgan fingerprint density at radius 2 is 1.86 bits per heavy atom. The number of ether oxygens (including phenoxy) is 1. The lowest BCUT2D eigenvalue weighted by atomic mass is 9.92. The van der Waals surface area contributed by atoms with Crippen LogP contribution in [0.2, 0.25) is 0 Å². The van der Waals surface area contributed by atoms with Crippen molar-refractivity contribution in [1.29, 1.82) is 0 Å². The number of piperidine rings is 1. The summed E-state index contributed by atoms with van der Waals surface area (Å²) in [5.41, 5.74) is 2.85. The number of hydrogen-bond donors (Lipinski definition) is 1. The number of carbonyl (C=O) groups is 1. The van der Waals surface area contributed by atoms with E-state index >= 15 is 0 Å². The van der Waals surface area contributed by atoms with Crippen molar-refractivity contribution in [3.05, 3.63) is 11.1 Å². The molecule has 1 N–H and O–H groups in total. The van der Waals surface area contributed by atoms with Gasteiger partial charge in [0, 0.05) is 25.7 Å². The highest BCUT2D eigenvalue weighted by Crippen LogP contribution is 2.25. The largest absolute Gasteiger partial charge is 0.444 e. The van der Waals surface area contributed by atoms with Crippen LogP contribution in [0.3, 0.4) is 0 Å². The Labute approximate surface area is 135 Å². The molecule has 2 rings (SSSR count). The predicted octanol–water partition coefficient (Wildman–Crippen LogP) is 3.87. The third kappa shape index (κ3) is 5.64. The fraction of sp³-hybridized carbons (Fsp3) is 0.833. The Hall–Kier alpha value is -1.03. The highest BCUT2D eigenvalue weighted by Gasteiger charge is 2.24. The molecule has 0 atom stereocenters. The molecule has 1 fully saturated rings. The fourth-order valence-electron chi connectivity index (χ4n) is 3.31. The minimum atomic E-state index is -0.421. The van der Waals surface area contributed by atoms with Gasteiger partial charge >= 0.3 is 6.09 Å². The van der Waals surface area contributed by atoms with Gasteiger partial charge in [-0.15, -0.1) is 0 Å². The molecule has 126 valence electrons. The van der Waals surface area contributed by atoms with Crippen LogP contribution in [-0.2, 0) is 4.74 Å². The predicted molar refractivity (Wildman–Crippen MR) is 90.0 cm³/mol.